The lowest BCUT2D eigenvalue weighted by atomic mass is 10.2. The lowest BCUT2D eigenvalue weighted by Crippen LogP contribution is -2.48. The number of hydrogen-bond acceptors (Lipinski definition) is 3. The number of rotatable bonds is 3. The fourth-order valence-electron chi connectivity index (χ4n) is 1.54. The maximum atomic E-state index is 5.52. The zero-order valence-corrected chi connectivity index (χ0v) is 9.14. The number of thiocarbonyl (C=S) groups is 1. The van der Waals surface area contributed by atoms with E-state index in [1.54, 1.807) is 0 Å². The molecule has 1 rings (SSSR count). The first-order valence-electron chi connectivity index (χ1n) is 4.73. The van der Waals surface area contributed by atoms with Crippen LogP contribution in [0.2, 0.25) is 0 Å². The summed E-state index contributed by atoms with van der Waals surface area (Å²) in [4.78, 5) is 2.99. The van der Waals surface area contributed by atoms with Gasteiger partial charge in [-0.05, 0) is 13.8 Å². The van der Waals surface area contributed by atoms with Crippen LogP contribution in [0.5, 0.6) is 0 Å². The molecule has 4 heteroatoms. The molecular weight excluding hydrogens is 184 g/mol. The third-order valence-corrected chi connectivity index (χ3v) is 2.59. The van der Waals surface area contributed by atoms with Gasteiger partial charge in [-0.2, -0.15) is 0 Å². The second-order valence-corrected chi connectivity index (χ2v) is 4.23. The van der Waals surface area contributed by atoms with E-state index in [4.69, 9.17) is 22.7 Å². The monoisotopic (exact) mass is 202 g/mol. The van der Waals surface area contributed by atoms with Gasteiger partial charge in [0, 0.05) is 25.6 Å². The van der Waals surface area contributed by atoms with E-state index >= 15 is 0 Å². The van der Waals surface area contributed by atoms with Crippen molar-refractivity contribution in [3.63, 3.8) is 0 Å². The van der Waals surface area contributed by atoms with Crippen LogP contribution in [0.4, 0.5) is 0 Å². The molecule has 1 fully saturated rings. The lowest BCUT2D eigenvalue weighted by molar-refractivity contribution is -0.0481. The highest BCUT2D eigenvalue weighted by molar-refractivity contribution is 7.80. The number of ether oxygens (including phenoxy) is 1. The predicted octanol–water partition coefficient (Wildman–Crippen LogP) is 0.772. The average Bonchev–Trinajstić information content (AvgIpc) is 2.06. The van der Waals surface area contributed by atoms with E-state index in [-0.39, 0.29) is 0 Å². The Morgan fingerprint density at radius 2 is 2.31 bits per heavy atom. The van der Waals surface area contributed by atoms with Gasteiger partial charge in [0.2, 0.25) is 0 Å². The summed E-state index contributed by atoms with van der Waals surface area (Å²) >= 11 is 4.85. The maximum Gasteiger partial charge on any atom is 0.0740 e. The first-order valence-corrected chi connectivity index (χ1v) is 5.14. The minimum Gasteiger partial charge on any atom is -0.393 e. The van der Waals surface area contributed by atoms with Gasteiger partial charge in [0.05, 0.1) is 17.7 Å². The van der Waals surface area contributed by atoms with E-state index in [0.717, 1.165) is 26.1 Å². The molecule has 13 heavy (non-hydrogen) atoms. The fourth-order valence-corrected chi connectivity index (χ4v) is 1.63. The first kappa shape index (κ1) is 10.9. The van der Waals surface area contributed by atoms with Crippen molar-refractivity contribution in [1.82, 2.24) is 4.90 Å². The van der Waals surface area contributed by atoms with Crippen molar-refractivity contribution in [1.29, 1.82) is 0 Å². The van der Waals surface area contributed by atoms with Crippen LogP contribution >= 0.6 is 12.2 Å². The van der Waals surface area contributed by atoms with Gasteiger partial charge in [-0.15, -0.1) is 0 Å². The smallest absolute Gasteiger partial charge is 0.0740 e. The van der Waals surface area contributed by atoms with Crippen molar-refractivity contribution in [3.05, 3.63) is 0 Å². The van der Waals surface area contributed by atoms with Crippen molar-refractivity contribution in [2.45, 2.75) is 32.4 Å². The van der Waals surface area contributed by atoms with Gasteiger partial charge < -0.3 is 10.5 Å². The summed E-state index contributed by atoms with van der Waals surface area (Å²) < 4.78 is 5.52. The topological polar surface area (TPSA) is 38.5 Å². The van der Waals surface area contributed by atoms with Crippen LogP contribution in [0.15, 0.2) is 0 Å². The summed E-state index contributed by atoms with van der Waals surface area (Å²) in [5, 5.41) is 0. The van der Waals surface area contributed by atoms with E-state index < -0.39 is 0 Å². The Balaban J connectivity index is 2.33. The van der Waals surface area contributed by atoms with Crippen LogP contribution < -0.4 is 5.73 Å². The molecule has 0 aromatic rings. The number of morpholine rings is 1. The van der Waals surface area contributed by atoms with E-state index in [2.05, 4.69) is 18.7 Å². The van der Waals surface area contributed by atoms with Crippen molar-refractivity contribution in [2.75, 3.05) is 19.7 Å². The number of nitrogens with zero attached hydrogens (tertiary/aromatic N) is 1. The molecular formula is C9H18N2OS. The van der Waals surface area contributed by atoms with Gasteiger partial charge in [-0.25, -0.2) is 0 Å². The third-order valence-electron chi connectivity index (χ3n) is 2.38. The normalized spacial score (nSPS) is 30.3. The standard InChI is InChI=1S/C9H18N2OS/c1-7-6-12-8(2)5-11(7)4-3-9(10)13/h7-8H,3-6H2,1-2H3,(H2,10,13). The second-order valence-electron chi connectivity index (χ2n) is 3.70. The first-order chi connectivity index (χ1) is 6.09. The van der Waals surface area contributed by atoms with Gasteiger partial charge in [-0.1, -0.05) is 12.2 Å². The van der Waals surface area contributed by atoms with Crippen molar-refractivity contribution in [2.24, 2.45) is 5.73 Å². The summed E-state index contributed by atoms with van der Waals surface area (Å²) in [6, 6.07) is 0.491. The van der Waals surface area contributed by atoms with Crippen LogP contribution in [0, 0.1) is 0 Å². The summed E-state index contributed by atoms with van der Waals surface area (Å²) in [5.41, 5.74) is 5.46. The van der Waals surface area contributed by atoms with Crippen molar-refractivity contribution >= 4 is 17.2 Å². The van der Waals surface area contributed by atoms with Gasteiger partial charge in [0.1, 0.15) is 0 Å². The van der Waals surface area contributed by atoms with E-state index in [0.29, 0.717) is 17.1 Å². The minimum atomic E-state index is 0.336. The molecule has 0 aliphatic carbocycles. The van der Waals surface area contributed by atoms with Crippen molar-refractivity contribution < 1.29 is 4.74 Å². The summed E-state index contributed by atoms with van der Waals surface area (Å²) in [7, 11) is 0. The quantitative estimate of drug-likeness (QED) is 0.686. The zero-order valence-electron chi connectivity index (χ0n) is 8.32. The molecule has 0 spiro atoms. The van der Waals surface area contributed by atoms with Crippen LogP contribution in [0.1, 0.15) is 20.3 Å². The molecule has 1 saturated heterocycles. The summed E-state index contributed by atoms with van der Waals surface area (Å²) in [6.07, 6.45) is 1.15. The van der Waals surface area contributed by atoms with E-state index in [1.165, 1.54) is 0 Å². The molecule has 0 aromatic carbocycles. The largest absolute Gasteiger partial charge is 0.393 e. The lowest BCUT2D eigenvalue weighted by Gasteiger charge is -2.36. The average molecular weight is 202 g/mol. The highest BCUT2D eigenvalue weighted by Crippen LogP contribution is 2.11. The fraction of sp³-hybridized carbons (Fsp3) is 0.889. The molecule has 0 aromatic heterocycles. The molecule has 76 valence electrons. The van der Waals surface area contributed by atoms with Gasteiger partial charge in [0.25, 0.3) is 0 Å². The van der Waals surface area contributed by atoms with Crippen LogP contribution in [0.3, 0.4) is 0 Å². The number of nitrogens with two attached hydrogens (primary N) is 1. The molecule has 0 radical (unpaired) electrons. The summed E-state index contributed by atoms with van der Waals surface area (Å²) in [5.74, 6) is 0. The SMILES string of the molecule is CC1CN(CCC(N)=S)C(C)CO1. The highest BCUT2D eigenvalue weighted by atomic mass is 32.1. The molecule has 2 atom stereocenters. The van der Waals surface area contributed by atoms with Crippen LogP contribution in [0.25, 0.3) is 0 Å². The molecule has 2 unspecified atom stereocenters. The van der Waals surface area contributed by atoms with Crippen LogP contribution in [-0.4, -0.2) is 41.7 Å². The van der Waals surface area contributed by atoms with Crippen LogP contribution in [-0.2, 0) is 4.74 Å². The third kappa shape index (κ3) is 3.58. The molecule has 1 heterocycles. The predicted molar refractivity (Wildman–Crippen MR) is 57.9 cm³/mol. The maximum absolute atomic E-state index is 5.52. The van der Waals surface area contributed by atoms with Gasteiger partial charge in [-0.3, -0.25) is 4.90 Å². The highest BCUT2D eigenvalue weighted by Gasteiger charge is 2.22. The minimum absolute atomic E-state index is 0.336. The zero-order chi connectivity index (χ0) is 9.84. The van der Waals surface area contributed by atoms with E-state index in [9.17, 15) is 0 Å². The molecule has 1 aliphatic rings. The molecule has 2 N–H and O–H groups in total. The van der Waals surface area contributed by atoms with Crippen molar-refractivity contribution in [3.8, 4) is 0 Å². The molecule has 0 saturated carbocycles. The Morgan fingerprint density at radius 1 is 1.62 bits per heavy atom. The Kier molecular flexibility index (Phi) is 4.09. The molecule has 1 aliphatic heterocycles. The number of hydrogen-bond donors (Lipinski definition) is 1. The second kappa shape index (κ2) is 4.88. The van der Waals surface area contributed by atoms with E-state index in [1.807, 2.05) is 0 Å². The Bertz CT molecular complexity index is 186. The molecule has 3 nitrogen and oxygen atoms in total. The Morgan fingerprint density at radius 3 is 2.92 bits per heavy atom. The van der Waals surface area contributed by atoms with Gasteiger partial charge in [0.15, 0.2) is 0 Å². The van der Waals surface area contributed by atoms with Gasteiger partial charge >= 0.3 is 0 Å². The Hall–Kier alpha value is -0.190. The molecule has 0 bridgehead atoms. The Labute approximate surface area is 85.2 Å². The molecule has 0 amide bonds. The summed E-state index contributed by atoms with van der Waals surface area (Å²) in [6.45, 7) is 7.04.